The van der Waals surface area contributed by atoms with Crippen LogP contribution in [-0.2, 0) is 15.3 Å². The third-order valence-electron chi connectivity index (χ3n) is 2.20. The number of methoxy groups -OCH3 is 1. The Bertz CT molecular complexity index is 432. The van der Waals surface area contributed by atoms with Gasteiger partial charge in [0, 0.05) is 24.7 Å². The van der Waals surface area contributed by atoms with Crippen LogP contribution in [-0.4, -0.2) is 30.5 Å². The Morgan fingerprint density at radius 1 is 1.56 bits per heavy atom. The molecular formula is C13H15FO3S. The molecule has 0 atom stereocenters. The topological polar surface area (TPSA) is 46.5 Å². The molecule has 1 rings (SSSR count). The third-order valence-corrected chi connectivity index (χ3v) is 3.17. The minimum atomic E-state index is -1.04. The van der Waals surface area contributed by atoms with Crippen LogP contribution in [0.25, 0.3) is 6.08 Å². The molecule has 0 aliphatic heterocycles. The number of benzene rings is 1. The zero-order valence-electron chi connectivity index (χ0n) is 10.1. The zero-order chi connectivity index (χ0) is 13.4. The van der Waals surface area contributed by atoms with Gasteiger partial charge in [0.1, 0.15) is 5.82 Å². The first-order chi connectivity index (χ1) is 8.63. The van der Waals surface area contributed by atoms with E-state index in [1.807, 2.05) is 0 Å². The highest BCUT2D eigenvalue weighted by Crippen LogP contribution is 2.19. The number of carboxylic acids is 1. The van der Waals surface area contributed by atoms with Gasteiger partial charge in [-0.05, 0) is 29.3 Å². The lowest BCUT2D eigenvalue weighted by atomic mass is 10.1. The lowest BCUT2D eigenvalue weighted by molar-refractivity contribution is -0.131. The Hall–Kier alpha value is -1.33. The van der Waals surface area contributed by atoms with E-state index in [2.05, 4.69) is 0 Å². The molecule has 18 heavy (non-hydrogen) atoms. The van der Waals surface area contributed by atoms with Crippen LogP contribution in [0.4, 0.5) is 4.39 Å². The monoisotopic (exact) mass is 270 g/mol. The van der Waals surface area contributed by atoms with Crippen molar-refractivity contribution in [3.63, 3.8) is 0 Å². The summed E-state index contributed by atoms with van der Waals surface area (Å²) in [5.74, 6) is 0.127. The Kier molecular flexibility index (Phi) is 6.46. The van der Waals surface area contributed by atoms with Gasteiger partial charge in [-0.15, -0.1) is 0 Å². The Morgan fingerprint density at radius 2 is 2.33 bits per heavy atom. The van der Waals surface area contributed by atoms with Crippen molar-refractivity contribution in [3.8, 4) is 0 Å². The number of aliphatic carboxylic acids is 1. The quantitative estimate of drug-likeness (QED) is 0.611. The fourth-order valence-corrected chi connectivity index (χ4v) is 2.25. The maximum atomic E-state index is 13.1. The van der Waals surface area contributed by atoms with Crippen molar-refractivity contribution in [3.05, 3.63) is 41.2 Å². The summed E-state index contributed by atoms with van der Waals surface area (Å²) in [6.07, 6.45) is 2.43. The van der Waals surface area contributed by atoms with Crippen molar-refractivity contribution in [1.82, 2.24) is 0 Å². The molecule has 0 saturated heterocycles. The summed E-state index contributed by atoms with van der Waals surface area (Å²) in [7, 11) is 1.64. The first-order valence-electron chi connectivity index (χ1n) is 5.39. The molecule has 0 fully saturated rings. The molecule has 0 heterocycles. The SMILES string of the molecule is COCCSCc1ccc(F)cc1/C=C/C(=O)O. The van der Waals surface area contributed by atoms with Gasteiger partial charge >= 0.3 is 5.97 Å². The molecule has 5 heteroatoms. The van der Waals surface area contributed by atoms with E-state index < -0.39 is 5.97 Å². The Morgan fingerprint density at radius 3 is 3.00 bits per heavy atom. The minimum absolute atomic E-state index is 0.370. The summed E-state index contributed by atoms with van der Waals surface area (Å²) in [6.45, 7) is 0.659. The molecular weight excluding hydrogens is 255 g/mol. The van der Waals surface area contributed by atoms with Crippen LogP contribution in [0.2, 0.25) is 0 Å². The van der Waals surface area contributed by atoms with Crippen molar-refractivity contribution in [2.45, 2.75) is 5.75 Å². The largest absolute Gasteiger partial charge is 0.478 e. The second kappa shape index (κ2) is 7.89. The Labute approximate surface area is 110 Å². The molecule has 0 bridgehead atoms. The van der Waals surface area contributed by atoms with Gasteiger partial charge in [-0.1, -0.05) is 6.07 Å². The second-order valence-corrected chi connectivity index (χ2v) is 4.67. The first kappa shape index (κ1) is 14.7. The molecule has 98 valence electrons. The van der Waals surface area contributed by atoms with Gasteiger partial charge in [-0.2, -0.15) is 11.8 Å². The molecule has 1 aromatic carbocycles. The number of hydrogen-bond donors (Lipinski definition) is 1. The molecule has 0 radical (unpaired) electrons. The van der Waals surface area contributed by atoms with Crippen molar-refractivity contribution < 1.29 is 19.0 Å². The fourth-order valence-electron chi connectivity index (χ4n) is 1.34. The fraction of sp³-hybridized carbons (Fsp3) is 0.308. The molecule has 1 N–H and O–H groups in total. The summed E-state index contributed by atoms with van der Waals surface area (Å²) in [5.41, 5.74) is 1.51. The molecule has 0 spiro atoms. The summed E-state index contributed by atoms with van der Waals surface area (Å²) in [4.78, 5) is 10.5. The number of thioether (sulfide) groups is 1. The number of hydrogen-bond acceptors (Lipinski definition) is 3. The van der Waals surface area contributed by atoms with E-state index >= 15 is 0 Å². The maximum Gasteiger partial charge on any atom is 0.328 e. The highest BCUT2D eigenvalue weighted by atomic mass is 32.2. The summed E-state index contributed by atoms with van der Waals surface area (Å²) in [6, 6.07) is 4.40. The van der Waals surface area contributed by atoms with Gasteiger partial charge in [0.2, 0.25) is 0 Å². The molecule has 0 unspecified atom stereocenters. The van der Waals surface area contributed by atoms with Crippen molar-refractivity contribution in [1.29, 1.82) is 0 Å². The predicted octanol–water partition coefficient (Wildman–Crippen LogP) is 2.80. The molecule has 0 aliphatic carbocycles. The van der Waals surface area contributed by atoms with Crippen molar-refractivity contribution in [2.24, 2.45) is 0 Å². The highest BCUT2D eigenvalue weighted by molar-refractivity contribution is 7.98. The highest BCUT2D eigenvalue weighted by Gasteiger charge is 2.02. The normalized spacial score (nSPS) is 11.0. The van der Waals surface area contributed by atoms with E-state index in [0.717, 1.165) is 17.4 Å². The van der Waals surface area contributed by atoms with Gasteiger partial charge in [0.25, 0.3) is 0 Å². The van der Waals surface area contributed by atoms with Gasteiger partial charge in [0.05, 0.1) is 6.61 Å². The number of rotatable bonds is 7. The summed E-state index contributed by atoms with van der Waals surface area (Å²) >= 11 is 1.66. The zero-order valence-corrected chi connectivity index (χ0v) is 10.9. The smallest absolute Gasteiger partial charge is 0.328 e. The number of carbonyl (C=O) groups is 1. The van der Waals surface area contributed by atoms with Gasteiger partial charge in [-0.3, -0.25) is 0 Å². The van der Waals surface area contributed by atoms with Crippen LogP contribution < -0.4 is 0 Å². The third kappa shape index (κ3) is 5.33. The van der Waals surface area contributed by atoms with Gasteiger partial charge in [-0.25, -0.2) is 9.18 Å². The van der Waals surface area contributed by atoms with Crippen LogP contribution in [0.5, 0.6) is 0 Å². The molecule has 1 aromatic rings. The predicted molar refractivity (Wildman–Crippen MR) is 71.1 cm³/mol. The van der Waals surface area contributed by atoms with E-state index in [1.165, 1.54) is 18.2 Å². The lowest BCUT2D eigenvalue weighted by Gasteiger charge is -2.06. The van der Waals surface area contributed by atoms with E-state index in [-0.39, 0.29) is 5.82 Å². The van der Waals surface area contributed by atoms with Gasteiger partial charge < -0.3 is 9.84 Å². The Balaban J connectivity index is 2.73. The summed E-state index contributed by atoms with van der Waals surface area (Å²) < 4.78 is 18.0. The van der Waals surface area contributed by atoms with Crippen LogP contribution in [0.1, 0.15) is 11.1 Å². The molecule has 3 nitrogen and oxygen atoms in total. The molecule has 0 saturated carbocycles. The van der Waals surface area contributed by atoms with Crippen LogP contribution in [0.15, 0.2) is 24.3 Å². The number of carboxylic acid groups (broad SMARTS) is 1. The average Bonchev–Trinajstić information content (AvgIpc) is 2.34. The second-order valence-electron chi connectivity index (χ2n) is 3.56. The number of halogens is 1. The lowest BCUT2D eigenvalue weighted by Crippen LogP contribution is -1.95. The van der Waals surface area contributed by atoms with Crippen LogP contribution in [0, 0.1) is 5.82 Å². The van der Waals surface area contributed by atoms with E-state index in [1.54, 1.807) is 24.9 Å². The molecule has 0 aromatic heterocycles. The average molecular weight is 270 g/mol. The van der Waals surface area contributed by atoms with Crippen LogP contribution in [0.3, 0.4) is 0 Å². The summed E-state index contributed by atoms with van der Waals surface area (Å²) in [5, 5.41) is 8.58. The maximum absolute atomic E-state index is 13.1. The molecule has 0 amide bonds. The van der Waals surface area contributed by atoms with E-state index in [0.29, 0.717) is 17.9 Å². The standard InChI is InChI=1S/C13H15FO3S/c1-17-6-7-18-9-11-2-4-12(14)8-10(11)3-5-13(15)16/h2-5,8H,6-7,9H2,1H3,(H,15,16)/b5-3+. The number of ether oxygens (including phenoxy) is 1. The van der Waals surface area contributed by atoms with Crippen LogP contribution >= 0.6 is 11.8 Å². The molecule has 0 aliphatic rings. The van der Waals surface area contributed by atoms with Crippen molar-refractivity contribution in [2.75, 3.05) is 19.5 Å². The van der Waals surface area contributed by atoms with Crippen molar-refractivity contribution >= 4 is 23.8 Å². The van der Waals surface area contributed by atoms with E-state index in [4.69, 9.17) is 9.84 Å². The van der Waals surface area contributed by atoms with Gasteiger partial charge in [0.15, 0.2) is 0 Å². The first-order valence-corrected chi connectivity index (χ1v) is 6.55. The van der Waals surface area contributed by atoms with E-state index in [9.17, 15) is 9.18 Å². The minimum Gasteiger partial charge on any atom is -0.478 e.